The summed E-state index contributed by atoms with van der Waals surface area (Å²) in [6, 6.07) is 12.6. The number of methoxy groups -OCH3 is 1. The highest BCUT2D eigenvalue weighted by molar-refractivity contribution is 5.84. The van der Waals surface area contributed by atoms with Crippen molar-refractivity contribution in [3.63, 3.8) is 0 Å². The Kier molecular flexibility index (Phi) is 3.81. The maximum Gasteiger partial charge on any atom is 0.322 e. The van der Waals surface area contributed by atoms with Gasteiger partial charge in [-0.25, -0.2) is 4.98 Å². The summed E-state index contributed by atoms with van der Waals surface area (Å²) in [5.41, 5.74) is 1.12. The van der Waals surface area contributed by atoms with Crippen LogP contribution in [0.2, 0.25) is 0 Å². The highest BCUT2D eigenvalue weighted by atomic mass is 16.5. The molecule has 0 amide bonds. The Morgan fingerprint density at radius 2 is 2.00 bits per heavy atom. The van der Waals surface area contributed by atoms with E-state index in [1.165, 1.54) is 0 Å². The highest BCUT2D eigenvalue weighted by Crippen LogP contribution is 2.22. The number of aromatic nitrogens is 4. The summed E-state index contributed by atoms with van der Waals surface area (Å²) in [5.74, 6) is 1.98. The number of aryl methyl sites for hydroxylation is 1. The van der Waals surface area contributed by atoms with Gasteiger partial charge in [0.05, 0.1) is 7.11 Å². The molecule has 0 radical (unpaired) electrons. The molecule has 0 bridgehead atoms. The van der Waals surface area contributed by atoms with Crippen molar-refractivity contribution >= 4 is 16.8 Å². The molecule has 0 saturated heterocycles. The molecule has 2 aromatic carbocycles. The summed E-state index contributed by atoms with van der Waals surface area (Å²) >= 11 is 0. The zero-order valence-corrected chi connectivity index (χ0v) is 13.9. The van der Waals surface area contributed by atoms with Crippen molar-refractivity contribution in [1.29, 1.82) is 0 Å². The number of nitrogens with one attached hydrogen (secondary N) is 1. The number of hydrogen-bond donors (Lipinski definition) is 1. The highest BCUT2D eigenvalue weighted by Gasteiger charge is 2.12. The van der Waals surface area contributed by atoms with Gasteiger partial charge in [-0.3, -0.25) is 0 Å². The van der Waals surface area contributed by atoms with Crippen molar-refractivity contribution in [2.45, 2.75) is 6.54 Å². The number of imidazole rings is 1. The monoisotopic (exact) mass is 335 g/mol. The standard InChI is InChI=1S/C18H17N5O2/c1-23-8-7-19-17(23)16-21-18(25-22-16)20-11-12-3-4-14-10-15(24-2)6-5-13(14)9-12/h3-10H,11H2,1-2H3,(H,20,21,22). The number of ether oxygens (including phenoxy) is 1. The van der Waals surface area contributed by atoms with Gasteiger partial charge in [-0.05, 0) is 34.5 Å². The summed E-state index contributed by atoms with van der Waals surface area (Å²) in [7, 11) is 3.55. The van der Waals surface area contributed by atoms with Gasteiger partial charge in [-0.2, -0.15) is 4.98 Å². The molecule has 0 fully saturated rings. The molecule has 0 spiro atoms. The largest absolute Gasteiger partial charge is 0.497 e. The SMILES string of the molecule is COc1ccc2cc(CNc3nc(-c4nccn4C)no3)ccc2c1. The predicted molar refractivity (Wildman–Crippen MR) is 94.3 cm³/mol. The molecule has 0 unspecified atom stereocenters. The lowest BCUT2D eigenvalue weighted by Crippen LogP contribution is -2.00. The lowest BCUT2D eigenvalue weighted by molar-refractivity contribution is 0.415. The van der Waals surface area contributed by atoms with Crippen molar-refractivity contribution in [3.8, 4) is 17.4 Å². The molecule has 0 aliphatic rings. The number of rotatable bonds is 5. The van der Waals surface area contributed by atoms with Crippen LogP contribution in [-0.2, 0) is 13.6 Å². The van der Waals surface area contributed by atoms with Gasteiger partial charge in [0.25, 0.3) is 0 Å². The Balaban J connectivity index is 1.49. The second-order valence-electron chi connectivity index (χ2n) is 5.69. The zero-order chi connectivity index (χ0) is 17.2. The van der Waals surface area contributed by atoms with Gasteiger partial charge in [0.2, 0.25) is 5.82 Å². The van der Waals surface area contributed by atoms with E-state index in [1.807, 2.05) is 36.0 Å². The molecule has 126 valence electrons. The molecule has 2 aromatic heterocycles. The van der Waals surface area contributed by atoms with E-state index in [-0.39, 0.29) is 0 Å². The van der Waals surface area contributed by atoms with Crippen LogP contribution in [0.3, 0.4) is 0 Å². The van der Waals surface area contributed by atoms with E-state index in [9.17, 15) is 0 Å². The molecule has 25 heavy (non-hydrogen) atoms. The van der Waals surface area contributed by atoms with Crippen molar-refractivity contribution < 1.29 is 9.26 Å². The van der Waals surface area contributed by atoms with Crippen LogP contribution in [0.15, 0.2) is 53.3 Å². The van der Waals surface area contributed by atoms with E-state index in [1.54, 1.807) is 13.3 Å². The molecule has 7 heteroatoms. The van der Waals surface area contributed by atoms with E-state index in [2.05, 4.69) is 38.6 Å². The van der Waals surface area contributed by atoms with Crippen LogP contribution in [0.4, 0.5) is 6.01 Å². The van der Waals surface area contributed by atoms with E-state index < -0.39 is 0 Å². The average Bonchev–Trinajstić information content (AvgIpc) is 3.27. The summed E-state index contributed by atoms with van der Waals surface area (Å²) in [5, 5.41) is 9.39. The molecule has 7 nitrogen and oxygen atoms in total. The number of hydrogen-bond acceptors (Lipinski definition) is 6. The fourth-order valence-electron chi connectivity index (χ4n) is 2.66. The maximum atomic E-state index is 5.25. The summed E-state index contributed by atoms with van der Waals surface area (Å²) in [4.78, 5) is 8.53. The Hall–Kier alpha value is -3.35. The fraction of sp³-hybridized carbons (Fsp3) is 0.167. The van der Waals surface area contributed by atoms with Gasteiger partial charge in [-0.15, -0.1) is 0 Å². The summed E-state index contributed by atoms with van der Waals surface area (Å²) < 4.78 is 12.3. The second kappa shape index (κ2) is 6.27. The van der Waals surface area contributed by atoms with E-state index >= 15 is 0 Å². The molecule has 2 heterocycles. The topological polar surface area (TPSA) is 78.0 Å². The van der Waals surface area contributed by atoms with Gasteiger partial charge < -0.3 is 19.1 Å². The van der Waals surface area contributed by atoms with Crippen LogP contribution in [0.25, 0.3) is 22.4 Å². The molecule has 0 aliphatic carbocycles. The van der Waals surface area contributed by atoms with E-state index in [4.69, 9.17) is 9.26 Å². The first-order chi connectivity index (χ1) is 12.2. The first kappa shape index (κ1) is 15.2. The molecule has 4 aromatic rings. The van der Waals surface area contributed by atoms with Crippen LogP contribution in [0.5, 0.6) is 5.75 Å². The molecule has 0 saturated carbocycles. The smallest absolute Gasteiger partial charge is 0.322 e. The predicted octanol–water partition coefficient (Wildman–Crippen LogP) is 3.24. The number of fused-ring (bicyclic) bond motifs is 1. The Morgan fingerprint density at radius 1 is 1.16 bits per heavy atom. The average molecular weight is 335 g/mol. The Bertz CT molecular complexity index is 1020. The zero-order valence-electron chi connectivity index (χ0n) is 13.9. The van der Waals surface area contributed by atoms with Crippen molar-refractivity contribution in [3.05, 3.63) is 54.4 Å². The molecular weight excluding hydrogens is 318 g/mol. The summed E-state index contributed by atoms with van der Waals surface area (Å²) in [6.45, 7) is 0.587. The van der Waals surface area contributed by atoms with Gasteiger partial charge in [0.1, 0.15) is 5.75 Å². The first-order valence-corrected chi connectivity index (χ1v) is 7.85. The summed E-state index contributed by atoms with van der Waals surface area (Å²) in [6.07, 6.45) is 3.53. The minimum atomic E-state index is 0.368. The van der Waals surface area contributed by atoms with Gasteiger partial charge in [0, 0.05) is 26.0 Å². The minimum absolute atomic E-state index is 0.368. The van der Waals surface area contributed by atoms with Crippen molar-refractivity contribution in [1.82, 2.24) is 19.7 Å². The molecule has 0 aliphatic heterocycles. The van der Waals surface area contributed by atoms with Crippen LogP contribution in [0.1, 0.15) is 5.56 Å². The van der Waals surface area contributed by atoms with Crippen molar-refractivity contribution in [2.24, 2.45) is 7.05 Å². The maximum absolute atomic E-state index is 5.25. The number of anilines is 1. The first-order valence-electron chi connectivity index (χ1n) is 7.85. The van der Waals surface area contributed by atoms with Gasteiger partial charge in [-0.1, -0.05) is 23.4 Å². The normalized spacial score (nSPS) is 11.0. The third-order valence-electron chi connectivity index (χ3n) is 4.00. The number of benzene rings is 2. The van der Waals surface area contributed by atoms with E-state index in [0.717, 1.165) is 22.1 Å². The molecule has 4 rings (SSSR count). The van der Waals surface area contributed by atoms with E-state index in [0.29, 0.717) is 24.2 Å². The minimum Gasteiger partial charge on any atom is -0.497 e. The van der Waals surface area contributed by atoms with Crippen LogP contribution >= 0.6 is 0 Å². The lowest BCUT2D eigenvalue weighted by atomic mass is 10.1. The lowest BCUT2D eigenvalue weighted by Gasteiger charge is -2.06. The second-order valence-corrected chi connectivity index (χ2v) is 5.69. The van der Waals surface area contributed by atoms with Crippen LogP contribution < -0.4 is 10.1 Å². The van der Waals surface area contributed by atoms with Gasteiger partial charge >= 0.3 is 6.01 Å². The quantitative estimate of drug-likeness (QED) is 0.603. The number of nitrogens with zero attached hydrogens (tertiary/aromatic N) is 4. The third-order valence-corrected chi connectivity index (χ3v) is 4.00. The van der Waals surface area contributed by atoms with Gasteiger partial charge in [0.15, 0.2) is 5.82 Å². The van der Waals surface area contributed by atoms with Crippen molar-refractivity contribution in [2.75, 3.05) is 12.4 Å². The molecule has 1 N–H and O–H groups in total. The van der Waals surface area contributed by atoms with Crippen LogP contribution in [-0.4, -0.2) is 26.8 Å². The molecule has 0 atom stereocenters. The molecular formula is C18H17N5O2. The third kappa shape index (κ3) is 3.03. The Labute approximate surface area is 144 Å². The Morgan fingerprint density at radius 3 is 2.80 bits per heavy atom. The van der Waals surface area contributed by atoms with Crippen LogP contribution in [0, 0.1) is 0 Å². The fourth-order valence-corrected chi connectivity index (χ4v) is 2.66.